The molecule has 0 radical (unpaired) electrons. The minimum atomic E-state index is -4.68. The summed E-state index contributed by atoms with van der Waals surface area (Å²) in [5, 5.41) is 12.3. The fraction of sp³-hybridized carbons (Fsp3) is 0.400. The fourth-order valence-electron chi connectivity index (χ4n) is 2.07. The lowest BCUT2D eigenvalue weighted by atomic mass is 10.1. The number of carbonyl (C=O) groups is 1. The Morgan fingerprint density at radius 1 is 1.29 bits per heavy atom. The molecular formula is C15H16F3N3O3. The van der Waals surface area contributed by atoms with Crippen molar-refractivity contribution < 1.29 is 27.6 Å². The topological polar surface area (TPSA) is 79.5 Å². The summed E-state index contributed by atoms with van der Waals surface area (Å²) in [6, 6.07) is 6.42. The maximum absolute atomic E-state index is 12.5. The molecule has 1 N–H and O–H groups in total. The second-order valence-corrected chi connectivity index (χ2v) is 5.01. The van der Waals surface area contributed by atoms with Crippen LogP contribution in [0.15, 0.2) is 28.8 Å². The summed E-state index contributed by atoms with van der Waals surface area (Å²) in [6.07, 6.45) is -4.36. The molecule has 1 amide bonds. The largest absolute Gasteiger partial charge is 0.471 e. The van der Waals surface area contributed by atoms with Crippen molar-refractivity contribution in [1.29, 1.82) is 0 Å². The first-order valence-corrected chi connectivity index (χ1v) is 7.24. The fourth-order valence-corrected chi connectivity index (χ4v) is 2.07. The second kappa shape index (κ2) is 7.43. The van der Waals surface area contributed by atoms with Gasteiger partial charge in [-0.3, -0.25) is 4.79 Å². The summed E-state index contributed by atoms with van der Waals surface area (Å²) in [4.78, 5) is 16.6. The van der Waals surface area contributed by atoms with E-state index in [2.05, 4.69) is 14.7 Å². The standard InChI is InChI=1S/C15H16F3N3O3/c1-2-12(23)21(7-8-22)9-10-3-5-11(6-4-10)13-19-14(24-20-13)15(16,17)18/h3-6,22H,2,7-9H2,1H3. The van der Waals surface area contributed by atoms with Crippen molar-refractivity contribution in [2.24, 2.45) is 0 Å². The van der Waals surface area contributed by atoms with Gasteiger partial charge in [0.2, 0.25) is 11.7 Å². The molecule has 130 valence electrons. The Kier molecular flexibility index (Phi) is 5.55. The van der Waals surface area contributed by atoms with Crippen molar-refractivity contribution in [1.82, 2.24) is 15.0 Å². The molecule has 0 aliphatic carbocycles. The lowest BCUT2D eigenvalue weighted by Crippen LogP contribution is -2.32. The predicted octanol–water partition coefficient (Wildman–Crippen LogP) is 2.49. The van der Waals surface area contributed by atoms with Crippen LogP contribution in [0.5, 0.6) is 0 Å². The molecule has 0 aliphatic rings. The molecule has 6 nitrogen and oxygen atoms in total. The van der Waals surface area contributed by atoms with Gasteiger partial charge in [-0.05, 0) is 5.56 Å². The first-order chi connectivity index (χ1) is 11.3. The van der Waals surface area contributed by atoms with Crippen LogP contribution in [0.1, 0.15) is 24.8 Å². The molecule has 0 saturated carbocycles. The SMILES string of the molecule is CCC(=O)N(CCO)Cc1ccc(-c2noc(C(F)(F)F)n2)cc1. The van der Waals surface area contributed by atoms with Gasteiger partial charge in [-0.25, -0.2) is 0 Å². The summed E-state index contributed by atoms with van der Waals surface area (Å²) in [7, 11) is 0. The normalized spacial score (nSPS) is 11.5. The van der Waals surface area contributed by atoms with E-state index in [1.807, 2.05) is 0 Å². The molecule has 2 rings (SSSR count). The van der Waals surface area contributed by atoms with Gasteiger partial charge >= 0.3 is 12.1 Å². The van der Waals surface area contributed by atoms with Crippen LogP contribution in [-0.4, -0.2) is 39.2 Å². The minimum absolute atomic E-state index is 0.0962. The molecular weight excluding hydrogens is 327 g/mol. The number of aliphatic hydroxyl groups excluding tert-OH is 1. The van der Waals surface area contributed by atoms with Crippen LogP contribution in [0.4, 0.5) is 13.2 Å². The Morgan fingerprint density at radius 2 is 1.96 bits per heavy atom. The lowest BCUT2D eigenvalue weighted by Gasteiger charge is -2.21. The molecule has 1 heterocycles. The van der Waals surface area contributed by atoms with Gasteiger partial charge in [-0.2, -0.15) is 18.2 Å². The van der Waals surface area contributed by atoms with Crippen LogP contribution in [0.3, 0.4) is 0 Å². The number of hydrogen-bond acceptors (Lipinski definition) is 5. The second-order valence-electron chi connectivity index (χ2n) is 5.01. The van der Waals surface area contributed by atoms with Crippen LogP contribution >= 0.6 is 0 Å². The third-order valence-corrected chi connectivity index (χ3v) is 3.28. The Hall–Kier alpha value is -2.42. The molecule has 0 bridgehead atoms. The first kappa shape index (κ1) is 17.9. The molecule has 0 fully saturated rings. The maximum atomic E-state index is 12.5. The Morgan fingerprint density at radius 3 is 2.46 bits per heavy atom. The molecule has 0 unspecified atom stereocenters. The highest BCUT2D eigenvalue weighted by atomic mass is 19.4. The van der Waals surface area contributed by atoms with E-state index in [-0.39, 0.29) is 24.9 Å². The number of halogens is 3. The third-order valence-electron chi connectivity index (χ3n) is 3.28. The zero-order valence-electron chi connectivity index (χ0n) is 12.9. The zero-order valence-corrected chi connectivity index (χ0v) is 12.9. The number of nitrogens with zero attached hydrogens (tertiary/aromatic N) is 3. The summed E-state index contributed by atoms with van der Waals surface area (Å²) >= 11 is 0. The van der Waals surface area contributed by atoms with E-state index in [1.54, 1.807) is 31.2 Å². The van der Waals surface area contributed by atoms with Crippen LogP contribution in [-0.2, 0) is 17.5 Å². The number of carbonyl (C=O) groups excluding carboxylic acids is 1. The molecule has 0 aliphatic heterocycles. The summed E-state index contributed by atoms with van der Waals surface area (Å²) < 4.78 is 41.5. The molecule has 1 aromatic heterocycles. The van der Waals surface area contributed by atoms with Crippen LogP contribution in [0.25, 0.3) is 11.4 Å². The van der Waals surface area contributed by atoms with E-state index in [4.69, 9.17) is 5.11 Å². The average molecular weight is 343 g/mol. The summed E-state index contributed by atoms with van der Waals surface area (Å²) in [6.45, 7) is 2.10. The van der Waals surface area contributed by atoms with Crippen molar-refractivity contribution in [2.45, 2.75) is 26.1 Å². The van der Waals surface area contributed by atoms with Gasteiger partial charge in [0, 0.05) is 25.1 Å². The van der Waals surface area contributed by atoms with Gasteiger partial charge in [0.05, 0.1) is 6.61 Å². The average Bonchev–Trinajstić information content (AvgIpc) is 3.04. The minimum Gasteiger partial charge on any atom is -0.395 e. The molecule has 0 spiro atoms. The quantitative estimate of drug-likeness (QED) is 0.872. The summed E-state index contributed by atoms with van der Waals surface area (Å²) in [5.41, 5.74) is 1.14. The monoisotopic (exact) mass is 343 g/mol. The Labute approximate surface area is 135 Å². The zero-order chi connectivity index (χ0) is 17.7. The molecule has 0 saturated heterocycles. The molecule has 9 heteroatoms. The highest BCUT2D eigenvalue weighted by Crippen LogP contribution is 2.29. The number of rotatable bonds is 6. The van der Waals surface area contributed by atoms with Gasteiger partial charge in [0.15, 0.2) is 0 Å². The van der Waals surface area contributed by atoms with Crippen molar-refractivity contribution in [3.05, 3.63) is 35.7 Å². The van der Waals surface area contributed by atoms with E-state index < -0.39 is 12.1 Å². The van der Waals surface area contributed by atoms with Gasteiger partial charge in [-0.15, -0.1) is 0 Å². The Balaban J connectivity index is 2.12. The van der Waals surface area contributed by atoms with Crippen molar-refractivity contribution in [3.8, 4) is 11.4 Å². The number of aliphatic hydroxyl groups is 1. The predicted molar refractivity (Wildman–Crippen MR) is 77.5 cm³/mol. The Bertz CT molecular complexity index is 683. The smallest absolute Gasteiger partial charge is 0.395 e. The van der Waals surface area contributed by atoms with Gasteiger partial charge in [-0.1, -0.05) is 36.3 Å². The lowest BCUT2D eigenvalue weighted by molar-refractivity contribution is -0.159. The van der Waals surface area contributed by atoms with E-state index in [9.17, 15) is 18.0 Å². The van der Waals surface area contributed by atoms with E-state index in [0.717, 1.165) is 5.56 Å². The molecule has 0 atom stereocenters. The van der Waals surface area contributed by atoms with Gasteiger partial charge in [0.25, 0.3) is 0 Å². The molecule has 1 aromatic carbocycles. The van der Waals surface area contributed by atoms with Gasteiger partial charge < -0.3 is 14.5 Å². The van der Waals surface area contributed by atoms with E-state index in [0.29, 0.717) is 18.5 Å². The van der Waals surface area contributed by atoms with Crippen molar-refractivity contribution in [2.75, 3.05) is 13.2 Å². The van der Waals surface area contributed by atoms with Gasteiger partial charge in [0.1, 0.15) is 0 Å². The maximum Gasteiger partial charge on any atom is 0.471 e. The third kappa shape index (κ3) is 4.31. The van der Waals surface area contributed by atoms with Crippen LogP contribution in [0.2, 0.25) is 0 Å². The number of amides is 1. The highest BCUT2D eigenvalue weighted by Gasteiger charge is 2.38. The van der Waals surface area contributed by atoms with E-state index >= 15 is 0 Å². The first-order valence-electron chi connectivity index (χ1n) is 7.24. The number of benzene rings is 1. The molecule has 24 heavy (non-hydrogen) atoms. The van der Waals surface area contributed by atoms with Crippen LogP contribution < -0.4 is 0 Å². The highest BCUT2D eigenvalue weighted by molar-refractivity contribution is 5.75. The van der Waals surface area contributed by atoms with Crippen molar-refractivity contribution >= 4 is 5.91 Å². The van der Waals surface area contributed by atoms with Crippen molar-refractivity contribution in [3.63, 3.8) is 0 Å². The molecule has 2 aromatic rings. The van der Waals surface area contributed by atoms with E-state index in [1.165, 1.54) is 4.90 Å². The summed E-state index contributed by atoms with van der Waals surface area (Å²) in [5.74, 6) is -1.66. The number of alkyl halides is 3. The number of aromatic nitrogens is 2. The number of hydrogen-bond donors (Lipinski definition) is 1. The van der Waals surface area contributed by atoms with Crippen LogP contribution in [0, 0.1) is 0 Å².